The monoisotopic (exact) mass is 389 g/mol. The third kappa shape index (κ3) is 5.00. The highest BCUT2D eigenvalue weighted by molar-refractivity contribution is 5.89. The Morgan fingerprint density at radius 2 is 1.71 bits per heavy atom. The molecule has 2 aromatic rings. The van der Waals surface area contributed by atoms with E-state index in [-0.39, 0.29) is 12.5 Å². The highest BCUT2D eigenvalue weighted by atomic mass is 19.4. The van der Waals surface area contributed by atoms with Crippen molar-refractivity contribution in [2.24, 2.45) is 0 Å². The van der Waals surface area contributed by atoms with Crippen LogP contribution in [0.2, 0.25) is 0 Å². The number of rotatable bonds is 4. The molecule has 0 bridgehead atoms. The zero-order chi connectivity index (χ0) is 20.1. The third-order valence-corrected chi connectivity index (χ3v) is 4.47. The van der Waals surface area contributed by atoms with Crippen molar-refractivity contribution in [3.63, 3.8) is 0 Å². The standard InChI is InChI=1S/C21H18F3NO3/c22-21(23,24)18-8-5-15(6-9-18)7-10-20(27)28-14-19(26)25-12-11-16-3-1-2-4-17(16)13-25/h1-10H,11-14H2/b10-7+. The summed E-state index contributed by atoms with van der Waals surface area (Å²) in [5.41, 5.74) is 1.95. The summed E-state index contributed by atoms with van der Waals surface area (Å²) in [5.74, 6) is -1.02. The van der Waals surface area contributed by atoms with Gasteiger partial charge in [0, 0.05) is 19.2 Å². The molecule has 1 aliphatic rings. The van der Waals surface area contributed by atoms with Crippen LogP contribution in [0.15, 0.2) is 54.6 Å². The van der Waals surface area contributed by atoms with Crippen LogP contribution in [0.5, 0.6) is 0 Å². The smallest absolute Gasteiger partial charge is 0.416 e. The molecule has 1 amide bonds. The normalized spacial score (nSPS) is 14.0. The third-order valence-electron chi connectivity index (χ3n) is 4.47. The minimum atomic E-state index is -4.41. The van der Waals surface area contributed by atoms with Crippen LogP contribution in [0.3, 0.4) is 0 Å². The van der Waals surface area contributed by atoms with Gasteiger partial charge in [-0.3, -0.25) is 4.79 Å². The predicted octanol–water partition coefficient (Wildman–Crippen LogP) is 3.85. The van der Waals surface area contributed by atoms with Gasteiger partial charge in [-0.25, -0.2) is 4.79 Å². The van der Waals surface area contributed by atoms with E-state index in [4.69, 9.17) is 4.74 Å². The Balaban J connectivity index is 1.49. The maximum atomic E-state index is 12.5. The average Bonchev–Trinajstić information content (AvgIpc) is 2.69. The van der Waals surface area contributed by atoms with Crippen molar-refractivity contribution >= 4 is 18.0 Å². The summed E-state index contributed by atoms with van der Waals surface area (Å²) >= 11 is 0. The number of benzene rings is 2. The fourth-order valence-electron chi connectivity index (χ4n) is 2.93. The Morgan fingerprint density at radius 1 is 1.04 bits per heavy atom. The molecular weight excluding hydrogens is 371 g/mol. The van der Waals surface area contributed by atoms with Gasteiger partial charge in [0.25, 0.3) is 5.91 Å². The number of hydrogen-bond acceptors (Lipinski definition) is 3. The predicted molar refractivity (Wildman–Crippen MR) is 97.0 cm³/mol. The quantitative estimate of drug-likeness (QED) is 0.590. The zero-order valence-electron chi connectivity index (χ0n) is 14.9. The second kappa shape index (κ2) is 8.29. The summed E-state index contributed by atoms with van der Waals surface area (Å²) in [6, 6.07) is 12.2. The lowest BCUT2D eigenvalue weighted by Gasteiger charge is -2.28. The highest BCUT2D eigenvalue weighted by Gasteiger charge is 2.29. The highest BCUT2D eigenvalue weighted by Crippen LogP contribution is 2.29. The van der Waals surface area contributed by atoms with Crippen molar-refractivity contribution in [2.45, 2.75) is 19.1 Å². The first-order valence-corrected chi connectivity index (χ1v) is 8.69. The lowest BCUT2D eigenvalue weighted by molar-refractivity contribution is -0.148. The van der Waals surface area contributed by atoms with Gasteiger partial charge in [0.1, 0.15) is 0 Å². The average molecular weight is 389 g/mol. The number of fused-ring (bicyclic) bond motifs is 1. The lowest BCUT2D eigenvalue weighted by Crippen LogP contribution is -2.38. The van der Waals surface area contributed by atoms with E-state index in [0.717, 1.165) is 30.2 Å². The van der Waals surface area contributed by atoms with Crippen molar-refractivity contribution in [1.82, 2.24) is 4.90 Å². The van der Waals surface area contributed by atoms with E-state index in [0.29, 0.717) is 18.7 Å². The molecule has 0 radical (unpaired) electrons. The molecule has 0 aliphatic carbocycles. The second-order valence-corrected chi connectivity index (χ2v) is 6.39. The first kappa shape index (κ1) is 19.7. The van der Waals surface area contributed by atoms with E-state index in [1.54, 1.807) is 4.90 Å². The van der Waals surface area contributed by atoms with E-state index >= 15 is 0 Å². The maximum Gasteiger partial charge on any atom is 0.416 e. The number of halogens is 3. The van der Waals surface area contributed by atoms with Gasteiger partial charge in [0.05, 0.1) is 5.56 Å². The summed E-state index contributed by atoms with van der Waals surface area (Å²) in [4.78, 5) is 25.6. The van der Waals surface area contributed by atoms with Gasteiger partial charge >= 0.3 is 12.1 Å². The van der Waals surface area contributed by atoms with Crippen LogP contribution >= 0.6 is 0 Å². The Labute approximate surface area is 160 Å². The summed E-state index contributed by atoms with van der Waals surface area (Å²) in [6.45, 7) is 0.668. The first-order chi connectivity index (χ1) is 13.3. The van der Waals surface area contributed by atoms with E-state index < -0.39 is 17.7 Å². The van der Waals surface area contributed by atoms with Crippen LogP contribution in [0.1, 0.15) is 22.3 Å². The fraction of sp³-hybridized carbons (Fsp3) is 0.238. The van der Waals surface area contributed by atoms with Crippen LogP contribution in [0, 0.1) is 0 Å². The largest absolute Gasteiger partial charge is 0.452 e. The van der Waals surface area contributed by atoms with E-state index in [1.165, 1.54) is 23.8 Å². The molecule has 2 aromatic carbocycles. The van der Waals surface area contributed by atoms with Crippen molar-refractivity contribution in [1.29, 1.82) is 0 Å². The van der Waals surface area contributed by atoms with Crippen LogP contribution in [0.4, 0.5) is 13.2 Å². The first-order valence-electron chi connectivity index (χ1n) is 8.69. The molecule has 1 heterocycles. The number of esters is 1. The number of ether oxygens (including phenoxy) is 1. The van der Waals surface area contributed by atoms with Gasteiger partial charge < -0.3 is 9.64 Å². The summed E-state index contributed by atoms with van der Waals surface area (Å²) in [7, 11) is 0. The van der Waals surface area contributed by atoms with E-state index in [2.05, 4.69) is 0 Å². The molecule has 28 heavy (non-hydrogen) atoms. The molecule has 7 heteroatoms. The number of carbonyl (C=O) groups is 2. The lowest BCUT2D eigenvalue weighted by atomic mass is 10.00. The van der Waals surface area contributed by atoms with Crippen molar-refractivity contribution < 1.29 is 27.5 Å². The number of hydrogen-bond donors (Lipinski definition) is 0. The molecule has 0 spiro atoms. The van der Waals surface area contributed by atoms with Gasteiger partial charge in [0.15, 0.2) is 6.61 Å². The molecule has 0 atom stereocenters. The van der Waals surface area contributed by atoms with Crippen molar-refractivity contribution in [3.05, 3.63) is 76.9 Å². The molecule has 146 valence electrons. The topological polar surface area (TPSA) is 46.6 Å². The van der Waals surface area contributed by atoms with Crippen molar-refractivity contribution in [3.8, 4) is 0 Å². The second-order valence-electron chi connectivity index (χ2n) is 6.39. The molecule has 0 saturated carbocycles. The minimum absolute atomic E-state index is 0.286. The summed E-state index contributed by atoms with van der Waals surface area (Å²) in [6.07, 6.45) is -1.23. The van der Waals surface area contributed by atoms with E-state index in [1.807, 2.05) is 24.3 Å². The van der Waals surface area contributed by atoms with Gasteiger partial charge in [-0.15, -0.1) is 0 Å². The van der Waals surface area contributed by atoms with Gasteiger partial charge in [-0.2, -0.15) is 13.2 Å². The maximum absolute atomic E-state index is 12.5. The SMILES string of the molecule is O=C(/C=C/c1ccc(C(F)(F)F)cc1)OCC(=O)N1CCc2ccccc2C1. The molecule has 0 fully saturated rings. The zero-order valence-corrected chi connectivity index (χ0v) is 14.9. The molecule has 3 rings (SSSR count). The summed E-state index contributed by atoms with van der Waals surface area (Å²) < 4.78 is 42.5. The number of amides is 1. The number of carbonyl (C=O) groups excluding carboxylic acids is 2. The number of alkyl halides is 3. The molecule has 4 nitrogen and oxygen atoms in total. The van der Waals surface area contributed by atoms with Crippen LogP contribution in [-0.4, -0.2) is 29.9 Å². The Bertz CT molecular complexity index is 889. The van der Waals surface area contributed by atoms with Gasteiger partial charge in [-0.05, 0) is 41.3 Å². The molecular formula is C21H18F3NO3. The Kier molecular flexibility index (Phi) is 5.82. The Morgan fingerprint density at radius 3 is 2.39 bits per heavy atom. The molecule has 1 aliphatic heterocycles. The van der Waals surface area contributed by atoms with Crippen LogP contribution < -0.4 is 0 Å². The fourth-order valence-corrected chi connectivity index (χ4v) is 2.93. The Hall–Kier alpha value is -3.09. The van der Waals surface area contributed by atoms with Gasteiger partial charge in [0.2, 0.25) is 0 Å². The summed E-state index contributed by atoms with van der Waals surface area (Å²) in [5, 5.41) is 0. The minimum Gasteiger partial charge on any atom is -0.452 e. The molecule has 0 unspecified atom stereocenters. The number of nitrogens with zero attached hydrogens (tertiary/aromatic N) is 1. The van der Waals surface area contributed by atoms with E-state index in [9.17, 15) is 22.8 Å². The van der Waals surface area contributed by atoms with Crippen molar-refractivity contribution in [2.75, 3.05) is 13.2 Å². The molecule has 0 saturated heterocycles. The van der Waals surface area contributed by atoms with Crippen LogP contribution in [-0.2, 0) is 33.5 Å². The molecule has 0 N–H and O–H groups in total. The van der Waals surface area contributed by atoms with Gasteiger partial charge in [-0.1, -0.05) is 36.4 Å². The van der Waals surface area contributed by atoms with Crippen LogP contribution in [0.25, 0.3) is 6.08 Å². The molecule has 0 aromatic heterocycles.